The van der Waals surface area contributed by atoms with Gasteiger partial charge >= 0.3 is 0 Å². The second-order valence-corrected chi connectivity index (χ2v) is 7.33. The first-order valence-electron chi connectivity index (χ1n) is 7.86. The Hall–Kier alpha value is -0.870. The van der Waals surface area contributed by atoms with Gasteiger partial charge in [0.15, 0.2) is 0 Å². The van der Waals surface area contributed by atoms with Gasteiger partial charge in [-0.05, 0) is 54.0 Å². The first-order valence-corrected chi connectivity index (χ1v) is 8.80. The highest BCUT2D eigenvalue weighted by Gasteiger charge is 2.45. The molecule has 20 heavy (non-hydrogen) atoms. The van der Waals surface area contributed by atoms with E-state index < -0.39 is 0 Å². The Bertz CT molecular complexity index is 483. The molecule has 4 heteroatoms. The predicted molar refractivity (Wildman–Crippen MR) is 80.8 cm³/mol. The predicted octanol–water partition coefficient (Wildman–Crippen LogP) is 2.38. The molecule has 1 saturated carbocycles. The maximum atomic E-state index is 12.5. The van der Waals surface area contributed by atoms with Crippen LogP contribution in [0.3, 0.4) is 0 Å². The zero-order valence-corrected chi connectivity index (χ0v) is 12.6. The fourth-order valence-corrected chi connectivity index (χ4v) is 4.58. The molecule has 4 rings (SSSR count). The summed E-state index contributed by atoms with van der Waals surface area (Å²) in [4.78, 5) is 17.4. The zero-order chi connectivity index (χ0) is 13.5. The highest BCUT2D eigenvalue weighted by molar-refractivity contribution is 7.07. The molecule has 1 aromatic rings. The molecule has 108 valence electrons. The Balaban J connectivity index is 1.39. The van der Waals surface area contributed by atoms with Crippen LogP contribution < -0.4 is 0 Å². The first kappa shape index (κ1) is 12.8. The lowest BCUT2D eigenvalue weighted by atomic mass is 10.1. The molecule has 0 bridgehead atoms. The van der Waals surface area contributed by atoms with Crippen molar-refractivity contribution in [2.75, 3.05) is 19.6 Å². The molecule has 2 saturated heterocycles. The van der Waals surface area contributed by atoms with Crippen LogP contribution in [0.2, 0.25) is 0 Å². The van der Waals surface area contributed by atoms with Crippen LogP contribution in [-0.2, 0) is 11.2 Å². The summed E-state index contributed by atoms with van der Waals surface area (Å²) >= 11 is 1.68. The highest BCUT2D eigenvalue weighted by Crippen LogP contribution is 2.36. The number of rotatable bonds is 4. The van der Waals surface area contributed by atoms with E-state index >= 15 is 0 Å². The van der Waals surface area contributed by atoms with E-state index in [1.54, 1.807) is 11.3 Å². The number of likely N-dealkylation sites (tertiary alicyclic amines) is 2. The van der Waals surface area contributed by atoms with Gasteiger partial charge in [0, 0.05) is 31.7 Å². The largest absolute Gasteiger partial charge is 0.338 e. The van der Waals surface area contributed by atoms with Crippen LogP contribution in [0.5, 0.6) is 0 Å². The fourth-order valence-electron chi connectivity index (χ4n) is 3.91. The number of fused-ring (bicyclic) bond motifs is 1. The summed E-state index contributed by atoms with van der Waals surface area (Å²) in [6.07, 6.45) is 5.82. The monoisotopic (exact) mass is 290 g/mol. The van der Waals surface area contributed by atoms with Crippen molar-refractivity contribution in [1.29, 1.82) is 0 Å². The summed E-state index contributed by atoms with van der Waals surface area (Å²) in [6, 6.07) is 3.23. The van der Waals surface area contributed by atoms with E-state index in [0.29, 0.717) is 24.4 Å². The van der Waals surface area contributed by atoms with Gasteiger partial charge in [0.25, 0.3) is 0 Å². The summed E-state index contributed by atoms with van der Waals surface area (Å²) < 4.78 is 0. The average Bonchev–Trinajstić information content (AvgIpc) is 2.85. The van der Waals surface area contributed by atoms with Crippen molar-refractivity contribution in [3.05, 3.63) is 22.4 Å². The van der Waals surface area contributed by atoms with Crippen LogP contribution in [-0.4, -0.2) is 47.4 Å². The minimum Gasteiger partial charge on any atom is -0.338 e. The van der Waals surface area contributed by atoms with E-state index in [9.17, 15) is 4.79 Å². The van der Waals surface area contributed by atoms with Gasteiger partial charge in [-0.1, -0.05) is 0 Å². The maximum Gasteiger partial charge on any atom is 0.227 e. The number of hydrogen-bond donors (Lipinski definition) is 0. The molecule has 1 amide bonds. The highest BCUT2D eigenvalue weighted by atomic mass is 32.1. The minimum absolute atomic E-state index is 0.337. The van der Waals surface area contributed by atoms with Crippen molar-refractivity contribution in [2.24, 2.45) is 5.92 Å². The van der Waals surface area contributed by atoms with Crippen molar-refractivity contribution in [3.63, 3.8) is 0 Å². The zero-order valence-electron chi connectivity index (χ0n) is 11.8. The number of thiophene rings is 1. The molecule has 3 fully saturated rings. The van der Waals surface area contributed by atoms with Crippen molar-refractivity contribution < 1.29 is 4.79 Å². The van der Waals surface area contributed by atoms with Crippen LogP contribution in [0.4, 0.5) is 0 Å². The molecular formula is C16H22N2OS. The minimum atomic E-state index is 0.337. The molecule has 3 nitrogen and oxygen atoms in total. The SMILES string of the molecule is O=C(Cc1ccsc1)N1CC[C@H]2[C@H]1CCN2CC1CC1. The lowest BCUT2D eigenvalue weighted by Gasteiger charge is -2.25. The van der Waals surface area contributed by atoms with Crippen LogP contribution >= 0.6 is 11.3 Å². The molecular weight excluding hydrogens is 268 g/mol. The normalized spacial score (nSPS) is 29.9. The molecule has 0 unspecified atom stereocenters. The molecule has 3 heterocycles. The van der Waals surface area contributed by atoms with E-state index in [1.165, 1.54) is 44.3 Å². The van der Waals surface area contributed by atoms with Gasteiger partial charge in [-0.15, -0.1) is 0 Å². The molecule has 2 atom stereocenters. The third-order valence-corrected chi connectivity index (χ3v) is 5.87. The van der Waals surface area contributed by atoms with E-state index in [0.717, 1.165) is 12.5 Å². The number of amides is 1. The Kier molecular flexibility index (Phi) is 3.31. The van der Waals surface area contributed by atoms with Gasteiger partial charge in [-0.2, -0.15) is 11.3 Å². The van der Waals surface area contributed by atoms with Crippen LogP contribution in [0, 0.1) is 5.92 Å². The van der Waals surface area contributed by atoms with Crippen molar-refractivity contribution in [2.45, 2.75) is 44.2 Å². The third kappa shape index (κ3) is 2.40. The number of nitrogens with zero attached hydrogens (tertiary/aromatic N) is 2. The van der Waals surface area contributed by atoms with Crippen molar-refractivity contribution >= 4 is 17.2 Å². The smallest absolute Gasteiger partial charge is 0.227 e. The van der Waals surface area contributed by atoms with Crippen molar-refractivity contribution in [3.8, 4) is 0 Å². The molecule has 0 radical (unpaired) electrons. The van der Waals surface area contributed by atoms with Crippen molar-refractivity contribution in [1.82, 2.24) is 9.80 Å². The molecule has 1 aliphatic carbocycles. The summed E-state index contributed by atoms with van der Waals surface area (Å²) in [6.45, 7) is 3.46. The average molecular weight is 290 g/mol. The second-order valence-electron chi connectivity index (χ2n) is 6.55. The Morgan fingerprint density at radius 2 is 2.05 bits per heavy atom. The van der Waals surface area contributed by atoms with E-state index in [1.807, 2.05) is 0 Å². The quantitative estimate of drug-likeness (QED) is 0.850. The summed E-state index contributed by atoms with van der Waals surface area (Å²) in [7, 11) is 0. The van der Waals surface area contributed by atoms with E-state index in [4.69, 9.17) is 0 Å². The second kappa shape index (κ2) is 5.15. The van der Waals surface area contributed by atoms with Gasteiger partial charge in [0.2, 0.25) is 5.91 Å². The molecule has 1 aromatic heterocycles. The number of hydrogen-bond acceptors (Lipinski definition) is 3. The van der Waals surface area contributed by atoms with Crippen LogP contribution in [0.1, 0.15) is 31.2 Å². The molecule has 3 aliphatic rings. The summed E-state index contributed by atoms with van der Waals surface area (Å²) in [5, 5.41) is 4.15. The molecule has 0 aromatic carbocycles. The Morgan fingerprint density at radius 3 is 2.80 bits per heavy atom. The lowest BCUT2D eigenvalue weighted by molar-refractivity contribution is -0.131. The molecule has 0 N–H and O–H groups in total. The van der Waals surface area contributed by atoms with Gasteiger partial charge in [-0.25, -0.2) is 0 Å². The maximum absolute atomic E-state index is 12.5. The lowest BCUT2D eigenvalue weighted by Crippen LogP contribution is -2.40. The van der Waals surface area contributed by atoms with E-state index in [-0.39, 0.29) is 0 Å². The van der Waals surface area contributed by atoms with Crippen LogP contribution in [0.25, 0.3) is 0 Å². The number of carbonyl (C=O) groups is 1. The number of carbonyl (C=O) groups excluding carboxylic acids is 1. The summed E-state index contributed by atoms with van der Waals surface area (Å²) in [5.41, 5.74) is 1.18. The first-order chi connectivity index (χ1) is 9.81. The topological polar surface area (TPSA) is 23.6 Å². The van der Waals surface area contributed by atoms with Gasteiger partial charge in [-0.3, -0.25) is 9.69 Å². The standard InChI is InChI=1S/C16H22N2OS/c19-16(9-13-5-8-20-11-13)18-7-4-14-15(18)3-6-17(14)10-12-1-2-12/h5,8,11-12,14-15H,1-4,6-7,9-10H2/t14-,15+/m0/s1. The molecule has 0 spiro atoms. The molecule has 2 aliphatic heterocycles. The third-order valence-electron chi connectivity index (χ3n) is 5.14. The van der Waals surface area contributed by atoms with Gasteiger partial charge in [0.1, 0.15) is 0 Å². The van der Waals surface area contributed by atoms with E-state index in [2.05, 4.69) is 26.6 Å². The van der Waals surface area contributed by atoms with Gasteiger partial charge in [0.05, 0.1) is 6.42 Å². The van der Waals surface area contributed by atoms with Crippen LogP contribution in [0.15, 0.2) is 16.8 Å². The van der Waals surface area contributed by atoms with Gasteiger partial charge < -0.3 is 4.90 Å². The summed E-state index contributed by atoms with van der Waals surface area (Å²) in [5.74, 6) is 1.30. The fraction of sp³-hybridized carbons (Fsp3) is 0.688. The Morgan fingerprint density at radius 1 is 1.20 bits per heavy atom. The Labute approximate surface area is 124 Å².